The Balaban J connectivity index is 2.47. The zero-order chi connectivity index (χ0) is 21.1. The van der Waals surface area contributed by atoms with E-state index in [-0.39, 0.29) is 36.1 Å². The Morgan fingerprint density at radius 3 is 1.82 bits per heavy atom. The second-order valence-corrected chi connectivity index (χ2v) is 9.53. The van der Waals surface area contributed by atoms with Crippen LogP contribution in [0.25, 0.3) is 0 Å². The van der Waals surface area contributed by atoms with E-state index in [1.807, 2.05) is 34.6 Å². The first-order valence-corrected chi connectivity index (χ1v) is 12.0. The first kappa shape index (κ1) is 24.7. The molecule has 0 bridgehead atoms. The summed E-state index contributed by atoms with van der Waals surface area (Å²) in [6, 6.07) is 0.0432. The Hall–Kier alpha value is -1.33. The second kappa shape index (κ2) is 13.0. The molecule has 0 aliphatic heterocycles. The molecule has 0 unspecified atom stereocenters. The highest BCUT2D eigenvalue weighted by Gasteiger charge is 2.18. The molecule has 1 rings (SSSR count). The van der Waals surface area contributed by atoms with Crippen LogP contribution in [0.4, 0.5) is 0 Å². The number of aromatic nitrogens is 2. The molecule has 8 nitrogen and oxygen atoms in total. The monoisotopic (exact) mass is 447 g/mol. The van der Waals surface area contributed by atoms with E-state index in [4.69, 9.17) is 0 Å². The fourth-order valence-electron chi connectivity index (χ4n) is 2.24. The summed E-state index contributed by atoms with van der Waals surface area (Å²) in [6.45, 7) is 11.4. The van der Waals surface area contributed by atoms with Crippen molar-refractivity contribution in [2.75, 3.05) is 37.7 Å². The van der Waals surface area contributed by atoms with Crippen LogP contribution in [0.1, 0.15) is 34.6 Å². The van der Waals surface area contributed by atoms with Gasteiger partial charge in [-0.1, -0.05) is 34.9 Å². The summed E-state index contributed by atoms with van der Waals surface area (Å²) in [5.41, 5.74) is 0. The average molecular weight is 448 g/mol. The minimum Gasteiger partial charge on any atom is -0.352 e. The van der Waals surface area contributed by atoms with E-state index in [1.165, 1.54) is 39.8 Å². The summed E-state index contributed by atoms with van der Waals surface area (Å²) in [4.78, 5) is 39.5. The number of amides is 3. The molecule has 1 heterocycles. The van der Waals surface area contributed by atoms with Crippen molar-refractivity contribution in [1.82, 2.24) is 25.3 Å². The van der Waals surface area contributed by atoms with Gasteiger partial charge in [0, 0.05) is 25.7 Å². The van der Waals surface area contributed by atoms with Crippen molar-refractivity contribution in [3.8, 4) is 0 Å². The van der Waals surface area contributed by atoms with Gasteiger partial charge in [0.05, 0.1) is 18.1 Å². The lowest BCUT2D eigenvalue weighted by atomic mass is 10.3. The van der Waals surface area contributed by atoms with Crippen LogP contribution >= 0.6 is 34.9 Å². The number of nitrogens with one attached hydrogen (secondary N) is 1. The minimum absolute atomic E-state index is 0.0432. The van der Waals surface area contributed by atoms with Gasteiger partial charge < -0.3 is 15.1 Å². The summed E-state index contributed by atoms with van der Waals surface area (Å²) in [6.07, 6.45) is 0. The van der Waals surface area contributed by atoms with E-state index >= 15 is 0 Å². The maximum absolute atomic E-state index is 12.4. The van der Waals surface area contributed by atoms with E-state index in [1.54, 1.807) is 4.90 Å². The van der Waals surface area contributed by atoms with Gasteiger partial charge in [0.15, 0.2) is 8.68 Å². The third-order valence-electron chi connectivity index (χ3n) is 3.66. The minimum atomic E-state index is -0.164. The summed E-state index contributed by atoms with van der Waals surface area (Å²) in [7, 11) is 0. The molecule has 1 N–H and O–H groups in total. The Labute approximate surface area is 179 Å². The lowest BCUT2D eigenvalue weighted by Crippen LogP contribution is -2.43. The predicted octanol–water partition coefficient (Wildman–Crippen LogP) is 1.96. The molecule has 0 aliphatic carbocycles. The summed E-state index contributed by atoms with van der Waals surface area (Å²) in [5.74, 6) is 0.317. The molecule has 0 fully saturated rings. The molecule has 1 aromatic rings. The van der Waals surface area contributed by atoms with Gasteiger partial charge in [0.1, 0.15) is 0 Å². The molecule has 3 amide bonds. The van der Waals surface area contributed by atoms with Crippen molar-refractivity contribution in [1.29, 1.82) is 0 Å². The molecule has 0 atom stereocenters. The number of rotatable bonds is 12. The van der Waals surface area contributed by atoms with E-state index in [2.05, 4.69) is 15.5 Å². The predicted molar refractivity (Wildman–Crippen MR) is 115 cm³/mol. The van der Waals surface area contributed by atoms with Gasteiger partial charge in [-0.3, -0.25) is 14.4 Å². The van der Waals surface area contributed by atoms with Crippen LogP contribution in [0.3, 0.4) is 0 Å². The van der Waals surface area contributed by atoms with E-state index < -0.39 is 0 Å². The van der Waals surface area contributed by atoms with Gasteiger partial charge >= 0.3 is 0 Å². The Kier molecular flexibility index (Phi) is 11.5. The number of hydrogen-bond donors (Lipinski definition) is 1. The molecule has 0 saturated heterocycles. The molecule has 0 aliphatic rings. The normalized spacial score (nSPS) is 10.8. The fraction of sp³-hybridized carbons (Fsp3) is 0.706. The van der Waals surface area contributed by atoms with Crippen molar-refractivity contribution in [2.24, 2.45) is 0 Å². The first-order chi connectivity index (χ1) is 13.3. The number of hydrogen-bond acceptors (Lipinski definition) is 8. The van der Waals surface area contributed by atoms with Crippen molar-refractivity contribution in [2.45, 2.75) is 49.3 Å². The zero-order valence-electron chi connectivity index (χ0n) is 17.1. The Bertz CT molecular complexity index is 650. The molecular formula is C17H29N5O3S3. The lowest BCUT2D eigenvalue weighted by Gasteiger charge is -2.20. The Morgan fingerprint density at radius 2 is 1.39 bits per heavy atom. The van der Waals surface area contributed by atoms with Crippen molar-refractivity contribution >= 4 is 52.6 Å². The average Bonchev–Trinajstić information content (AvgIpc) is 3.10. The fourth-order valence-corrected chi connectivity index (χ4v) is 5.06. The highest BCUT2D eigenvalue weighted by molar-refractivity contribution is 8.03. The molecule has 0 aromatic carbocycles. The van der Waals surface area contributed by atoms with Gasteiger partial charge in [-0.05, 0) is 34.6 Å². The van der Waals surface area contributed by atoms with Crippen LogP contribution in [0.2, 0.25) is 0 Å². The smallest absolute Gasteiger partial charge is 0.239 e. The Morgan fingerprint density at radius 1 is 0.929 bits per heavy atom. The number of nitrogens with zero attached hydrogens (tertiary/aromatic N) is 4. The second-order valence-electron chi connectivity index (χ2n) is 6.11. The summed E-state index contributed by atoms with van der Waals surface area (Å²) >= 11 is 4.02. The first-order valence-electron chi connectivity index (χ1n) is 9.24. The molecule has 0 spiro atoms. The van der Waals surface area contributed by atoms with Gasteiger partial charge in [0.25, 0.3) is 0 Å². The molecule has 1 aromatic heterocycles. The highest BCUT2D eigenvalue weighted by Crippen LogP contribution is 2.29. The number of carbonyl (C=O) groups excluding carboxylic acids is 3. The molecule has 28 heavy (non-hydrogen) atoms. The van der Waals surface area contributed by atoms with Gasteiger partial charge in [-0.15, -0.1) is 10.2 Å². The molecule has 158 valence electrons. The quantitative estimate of drug-likeness (QED) is 0.489. The molecular weight excluding hydrogens is 418 g/mol. The van der Waals surface area contributed by atoms with Crippen LogP contribution < -0.4 is 5.32 Å². The molecule has 11 heteroatoms. The van der Waals surface area contributed by atoms with Crippen LogP contribution in [-0.2, 0) is 14.4 Å². The van der Waals surface area contributed by atoms with E-state index in [0.717, 1.165) is 0 Å². The van der Waals surface area contributed by atoms with Crippen molar-refractivity contribution < 1.29 is 14.4 Å². The van der Waals surface area contributed by atoms with Gasteiger partial charge in [-0.25, -0.2) is 0 Å². The largest absolute Gasteiger partial charge is 0.352 e. The molecule has 0 saturated carbocycles. The number of carbonyl (C=O) groups is 3. The third kappa shape index (κ3) is 8.78. The molecule has 0 radical (unpaired) electrons. The highest BCUT2D eigenvalue weighted by atomic mass is 32.2. The maximum Gasteiger partial charge on any atom is 0.239 e. The number of likely N-dealkylation sites (N-methyl/N-ethyl adjacent to an activating group) is 1. The topological polar surface area (TPSA) is 95.5 Å². The standard InChI is InChI=1S/C17H29N5O3S3/c1-6-21(7-2)14(24)10-26-16-19-20-17(28-16)27-11-15(25)22(8-3)9-13(23)18-12(4)5/h12H,6-11H2,1-5H3,(H,18,23). The van der Waals surface area contributed by atoms with Gasteiger partial charge in [0.2, 0.25) is 17.7 Å². The number of thioether (sulfide) groups is 2. The van der Waals surface area contributed by atoms with Crippen molar-refractivity contribution in [3.05, 3.63) is 0 Å². The maximum atomic E-state index is 12.4. The SMILES string of the molecule is CCN(CC)C(=O)CSc1nnc(SCC(=O)N(CC)CC(=O)NC(C)C)s1. The van der Waals surface area contributed by atoms with Crippen LogP contribution in [0.5, 0.6) is 0 Å². The zero-order valence-corrected chi connectivity index (χ0v) is 19.5. The van der Waals surface area contributed by atoms with Crippen LogP contribution in [0, 0.1) is 0 Å². The van der Waals surface area contributed by atoms with Crippen LogP contribution in [-0.4, -0.2) is 81.4 Å². The van der Waals surface area contributed by atoms with E-state index in [9.17, 15) is 14.4 Å². The van der Waals surface area contributed by atoms with Crippen LogP contribution in [0.15, 0.2) is 8.68 Å². The summed E-state index contributed by atoms with van der Waals surface area (Å²) < 4.78 is 1.38. The van der Waals surface area contributed by atoms with Gasteiger partial charge in [-0.2, -0.15) is 0 Å². The third-order valence-corrected chi connectivity index (χ3v) is 6.82. The van der Waals surface area contributed by atoms with Crippen molar-refractivity contribution in [3.63, 3.8) is 0 Å². The van der Waals surface area contributed by atoms with E-state index in [0.29, 0.717) is 34.1 Å². The lowest BCUT2D eigenvalue weighted by molar-refractivity contribution is -0.134. The summed E-state index contributed by atoms with van der Waals surface area (Å²) in [5, 5.41) is 10.9.